The van der Waals surface area contributed by atoms with Crippen molar-refractivity contribution in [2.45, 2.75) is 19.4 Å². The number of rotatable bonds is 4. The van der Waals surface area contributed by atoms with Crippen LogP contribution in [0.2, 0.25) is 0 Å². The van der Waals surface area contributed by atoms with Crippen LogP contribution < -0.4 is 11.3 Å². The van der Waals surface area contributed by atoms with Crippen LogP contribution in [0.5, 0.6) is 0 Å². The molecular formula is C15H18N6. The number of nitrogens with two attached hydrogens (primary N) is 1. The highest BCUT2D eigenvalue weighted by Crippen LogP contribution is 2.18. The lowest BCUT2D eigenvalue weighted by atomic mass is 10.1. The molecule has 0 saturated carbocycles. The molecule has 1 unspecified atom stereocenters. The molecule has 108 valence electrons. The van der Waals surface area contributed by atoms with Crippen molar-refractivity contribution in [2.75, 3.05) is 0 Å². The Labute approximate surface area is 123 Å². The van der Waals surface area contributed by atoms with E-state index in [1.807, 2.05) is 42.9 Å². The minimum absolute atomic E-state index is 0.100. The molecule has 3 N–H and O–H groups in total. The maximum Gasteiger partial charge on any atom is 0.0890 e. The Morgan fingerprint density at radius 1 is 1.29 bits per heavy atom. The van der Waals surface area contributed by atoms with E-state index >= 15 is 0 Å². The fourth-order valence-electron chi connectivity index (χ4n) is 2.45. The van der Waals surface area contributed by atoms with E-state index in [1.54, 1.807) is 6.20 Å². The average Bonchev–Trinajstić information content (AvgIpc) is 2.82. The molecule has 2 aromatic heterocycles. The third kappa shape index (κ3) is 2.76. The van der Waals surface area contributed by atoms with Gasteiger partial charge in [-0.25, -0.2) is 4.98 Å². The zero-order valence-electron chi connectivity index (χ0n) is 12.1. The van der Waals surface area contributed by atoms with E-state index in [4.69, 9.17) is 5.84 Å². The maximum absolute atomic E-state index is 5.71. The summed E-state index contributed by atoms with van der Waals surface area (Å²) in [5, 5.41) is 4.35. The number of fused-ring (bicyclic) bond motifs is 1. The molecule has 2 heterocycles. The minimum atomic E-state index is -0.100. The van der Waals surface area contributed by atoms with Crippen LogP contribution >= 0.6 is 0 Å². The van der Waals surface area contributed by atoms with Gasteiger partial charge in [0.05, 0.1) is 34.7 Å². The third-order valence-electron chi connectivity index (χ3n) is 3.54. The number of hydrogen-bond donors (Lipinski definition) is 2. The standard InChI is InChI=1S/C15H18N6/c1-10-7-11(21(2)20-10)8-14(19-16)15-9-17-12-5-3-4-6-13(12)18-15/h3-7,9,14,19H,8,16H2,1-2H3. The molecule has 0 aliphatic rings. The Morgan fingerprint density at radius 3 is 2.71 bits per heavy atom. The Balaban J connectivity index is 1.92. The van der Waals surface area contributed by atoms with Gasteiger partial charge in [-0.3, -0.25) is 20.9 Å². The normalized spacial score (nSPS) is 12.7. The van der Waals surface area contributed by atoms with Gasteiger partial charge in [0, 0.05) is 19.2 Å². The van der Waals surface area contributed by atoms with E-state index in [9.17, 15) is 0 Å². The van der Waals surface area contributed by atoms with Crippen LogP contribution in [0.1, 0.15) is 23.1 Å². The van der Waals surface area contributed by atoms with E-state index in [-0.39, 0.29) is 6.04 Å². The molecule has 6 nitrogen and oxygen atoms in total. The molecule has 3 aromatic rings. The van der Waals surface area contributed by atoms with Gasteiger partial charge in [0.1, 0.15) is 0 Å². The molecule has 1 atom stereocenters. The first-order chi connectivity index (χ1) is 10.2. The predicted molar refractivity (Wildman–Crippen MR) is 81.3 cm³/mol. The van der Waals surface area contributed by atoms with Crippen LogP contribution in [0, 0.1) is 6.92 Å². The quantitative estimate of drug-likeness (QED) is 0.558. The van der Waals surface area contributed by atoms with Gasteiger partial charge >= 0.3 is 0 Å². The summed E-state index contributed by atoms with van der Waals surface area (Å²) in [6.45, 7) is 1.98. The van der Waals surface area contributed by atoms with E-state index in [0.717, 1.165) is 28.1 Å². The van der Waals surface area contributed by atoms with Crippen molar-refractivity contribution < 1.29 is 0 Å². The molecule has 21 heavy (non-hydrogen) atoms. The molecule has 0 amide bonds. The van der Waals surface area contributed by atoms with Gasteiger partial charge in [0.2, 0.25) is 0 Å². The Morgan fingerprint density at radius 2 is 2.05 bits per heavy atom. The van der Waals surface area contributed by atoms with Crippen molar-refractivity contribution >= 4 is 11.0 Å². The van der Waals surface area contributed by atoms with E-state index in [2.05, 4.69) is 26.6 Å². The number of nitrogens with zero attached hydrogens (tertiary/aromatic N) is 4. The summed E-state index contributed by atoms with van der Waals surface area (Å²) < 4.78 is 1.87. The predicted octanol–water partition coefficient (Wildman–Crippen LogP) is 1.42. The molecule has 0 saturated heterocycles. The smallest absolute Gasteiger partial charge is 0.0890 e. The van der Waals surface area contributed by atoms with E-state index < -0.39 is 0 Å². The van der Waals surface area contributed by atoms with Gasteiger partial charge < -0.3 is 0 Å². The topological polar surface area (TPSA) is 81.6 Å². The lowest BCUT2D eigenvalue weighted by Gasteiger charge is -2.15. The maximum atomic E-state index is 5.71. The molecule has 3 rings (SSSR count). The van der Waals surface area contributed by atoms with Gasteiger partial charge in [-0.05, 0) is 25.1 Å². The number of aryl methyl sites for hydroxylation is 2. The van der Waals surface area contributed by atoms with Gasteiger partial charge in [0.15, 0.2) is 0 Å². The zero-order valence-corrected chi connectivity index (χ0v) is 12.1. The van der Waals surface area contributed by atoms with Crippen LogP contribution in [0.15, 0.2) is 36.5 Å². The summed E-state index contributed by atoms with van der Waals surface area (Å²) in [5.41, 5.74) is 7.50. The highest BCUT2D eigenvalue weighted by molar-refractivity contribution is 5.73. The largest absolute Gasteiger partial charge is 0.272 e. The van der Waals surface area contributed by atoms with Crippen molar-refractivity contribution in [3.8, 4) is 0 Å². The van der Waals surface area contributed by atoms with Crippen molar-refractivity contribution in [3.05, 3.63) is 53.6 Å². The first kappa shape index (κ1) is 13.7. The highest BCUT2D eigenvalue weighted by atomic mass is 15.3. The summed E-state index contributed by atoms with van der Waals surface area (Å²) in [7, 11) is 1.93. The lowest BCUT2D eigenvalue weighted by molar-refractivity contribution is 0.518. The fraction of sp³-hybridized carbons (Fsp3) is 0.267. The second kappa shape index (κ2) is 5.59. The number of nitrogens with one attached hydrogen (secondary N) is 1. The molecule has 0 aliphatic carbocycles. The zero-order chi connectivity index (χ0) is 14.8. The number of hydrazine groups is 1. The number of benzene rings is 1. The van der Waals surface area contributed by atoms with Gasteiger partial charge in [-0.15, -0.1) is 0 Å². The van der Waals surface area contributed by atoms with Crippen molar-refractivity contribution in [1.82, 2.24) is 25.2 Å². The van der Waals surface area contributed by atoms with Gasteiger partial charge in [-0.1, -0.05) is 12.1 Å². The van der Waals surface area contributed by atoms with Crippen molar-refractivity contribution in [2.24, 2.45) is 12.9 Å². The van der Waals surface area contributed by atoms with Gasteiger partial charge in [0.25, 0.3) is 0 Å². The Bertz CT molecular complexity index is 764. The van der Waals surface area contributed by atoms with Crippen molar-refractivity contribution in [1.29, 1.82) is 0 Å². The van der Waals surface area contributed by atoms with Crippen LogP contribution in [-0.4, -0.2) is 19.7 Å². The molecule has 1 aromatic carbocycles. The summed E-state index contributed by atoms with van der Waals surface area (Å²) in [4.78, 5) is 9.08. The van der Waals surface area contributed by atoms with E-state index in [0.29, 0.717) is 6.42 Å². The number of aromatic nitrogens is 4. The monoisotopic (exact) mass is 282 g/mol. The molecule has 0 spiro atoms. The summed E-state index contributed by atoms with van der Waals surface area (Å²) in [6, 6.07) is 9.76. The van der Waals surface area contributed by atoms with Crippen LogP contribution in [0.3, 0.4) is 0 Å². The Kier molecular flexibility index (Phi) is 3.64. The first-order valence-corrected chi connectivity index (χ1v) is 6.84. The summed E-state index contributed by atoms with van der Waals surface area (Å²) >= 11 is 0. The first-order valence-electron chi connectivity index (χ1n) is 6.84. The number of hydrogen-bond acceptors (Lipinski definition) is 5. The SMILES string of the molecule is Cc1cc(CC(NN)c2cnc3ccccc3n2)n(C)n1. The second-order valence-electron chi connectivity index (χ2n) is 5.11. The van der Waals surface area contributed by atoms with Crippen LogP contribution in [-0.2, 0) is 13.5 Å². The molecule has 0 aliphatic heterocycles. The van der Waals surface area contributed by atoms with Crippen LogP contribution in [0.25, 0.3) is 11.0 Å². The summed E-state index contributed by atoms with van der Waals surface area (Å²) in [6.07, 6.45) is 2.48. The molecule has 6 heteroatoms. The minimum Gasteiger partial charge on any atom is -0.272 e. The number of para-hydroxylation sites is 2. The molecule has 0 radical (unpaired) electrons. The van der Waals surface area contributed by atoms with E-state index in [1.165, 1.54) is 0 Å². The third-order valence-corrected chi connectivity index (χ3v) is 3.54. The fourth-order valence-corrected chi connectivity index (χ4v) is 2.45. The lowest BCUT2D eigenvalue weighted by Crippen LogP contribution is -2.31. The average molecular weight is 282 g/mol. The van der Waals surface area contributed by atoms with Crippen molar-refractivity contribution in [3.63, 3.8) is 0 Å². The summed E-state index contributed by atoms with van der Waals surface area (Å²) in [5.74, 6) is 5.71. The highest BCUT2D eigenvalue weighted by Gasteiger charge is 2.15. The molecule has 0 fully saturated rings. The molecular weight excluding hydrogens is 264 g/mol. The molecule has 0 bridgehead atoms. The second-order valence-corrected chi connectivity index (χ2v) is 5.11. The van der Waals surface area contributed by atoms with Crippen LogP contribution in [0.4, 0.5) is 0 Å². The Hall–Kier alpha value is -2.31. The van der Waals surface area contributed by atoms with Gasteiger partial charge in [-0.2, -0.15) is 5.10 Å².